The second kappa shape index (κ2) is 22.1. The summed E-state index contributed by atoms with van der Waals surface area (Å²) in [6.07, 6.45) is -0.535. The lowest BCUT2D eigenvalue weighted by molar-refractivity contribution is -0.136. The number of primary amides is 1. The third kappa shape index (κ3) is 13.4. The van der Waals surface area contributed by atoms with Crippen molar-refractivity contribution in [1.82, 2.24) is 37.3 Å². The van der Waals surface area contributed by atoms with Gasteiger partial charge >= 0.3 is 0 Å². The first-order valence-corrected chi connectivity index (χ1v) is 20.6. The highest BCUT2D eigenvalue weighted by Gasteiger charge is 2.35. The topological polar surface area (TPSA) is 326 Å². The van der Waals surface area contributed by atoms with Gasteiger partial charge in [0.15, 0.2) is 11.5 Å². The van der Waals surface area contributed by atoms with E-state index in [2.05, 4.69) is 31.9 Å². The molecule has 20 heteroatoms. The minimum Gasteiger partial charge on any atom is -0.508 e. The zero-order chi connectivity index (χ0) is 47.4. The molecule has 0 unspecified atom stereocenters. The van der Waals surface area contributed by atoms with E-state index in [1.54, 1.807) is 19.2 Å². The molecule has 14 N–H and O–H groups in total. The van der Waals surface area contributed by atoms with Gasteiger partial charge in [-0.15, -0.1) is 0 Å². The number of amides is 7. The number of phenolic OH excluding ortho intramolecular Hbond substituents is 3. The van der Waals surface area contributed by atoms with Gasteiger partial charge in [-0.2, -0.15) is 0 Å². The van der Waals surface area contributed by atoms with Crippen LogP contribution in [0.1, 0.15) is 61.0 Å². The van der Waals surface area contributed by atoms with Crippen molar-refractivity contribution in [3.63, 3.8) is 0 Å². The van der Waals surface area contributed by atoms with Gasteiger partial charge in [-0.3, -0.25) is 39.0 Å². The number of fused-ring (bicyclic) bond motifs is 9. The molecule has 0 saturated carbocycles. The largest absolute Gasteiger partial charge is 0.508 e. The number of carbonyl (C=O) groups is 7. The van der Waals surface area contributed by atoms with E-state index in [4.69, 9.17) is 16.3 Å². The second-order valence-corrected chi connectivity index (χ2v) is 15.9. The minimum atomic E-state index is -1.76. The first kappa shape index (κ1) is 48.3. The number of nitrogens with two attached hydrogens (primary N) is 2. The molecule has 4 aromatic carbocycles. The van der Waals surface area contributed by atoms with Gasteiger partial charge in [-0.1, -0.05) is 56.3 Å². The standard InChI is InChI=1S/C45H53N9O11/c1-23(2)18-31(48-3)40(59)49-32(19-24-4-11-28(55)12-5-24)41(60)50-34(22-37(46)58)42(61)52-39-27-10-17-35(57)36(21-27)65-30-15-6-25(7-16-30)20-33(43(62)54-47)51-44(63)38(53-45(39)64)26-8-13-29(56)14-9-26/h4-17,21,23,31-34,38-39,48,55-57H,18-20,22,47H2,1-3H3,(H2,46,58)(H,49,59)(H,50,60)(H,51,63)(H,52,61)(H,53,64)(H,54,62)/t31-,32-,33+,34+,38-,39-/m1/s1. The zero-order valence-electron chi connectivity index (χ0n) is 35.8. The van der Waals surface area contributed by atoms with Gasteiger partial charge in [0.05, 0.1) is 12.5 Å². The minimum absolute atomic E-state index is 0.0116. The Bertz CT molecular complexity index is 2360. The summed E-state index contributed by atoms with van der Waals surface area (Å²) in [5.41, 5.74) is 8.82. The number of hydrogen-bond acceptors (Lipinski definition) is 13. The van der Waals surface area contributed by atoms with Crippen LogP contribution in [-0.2, 0) is 46.4 Å². The maximum atomic E-state index is 14.6. The summed E-state index contributed by atoms with van der Waals surface area (Å²) in [5, 5.41) is 46.6. The van der Waals surface area contributed by atoms with E-state index in [9.17, 15) is 48.9 Å². The molecule has 0 radical (unpaired) electrons. The van der Waals surface area contributed by atoms with Crippen molar-refractivity contribution >= 4 is 41.4 Å². The Morgan fingerprint density at radius 3 is 1.95 bits per heavy atom. The molecule has 344 valence electrons. The SMILES string of the molecule is CN[C@H](CC(C)C)C(=O)N[C@H](Cc1ccc(O)cc1)C(=O)N[C@@H](CC(N)=O)C(=O)N[C@H]1C(=O)N[C@H](c2ccc(O)cc2)C(=O)N[C@H](C(=O)NN)Cc2ccc(cc2)Oc2cc1ccc2O. The van der Waals surface area contributed by atoms with Gasteiger partial charge in [0.25, 0.3) is 5.91 Å². The third-order valence-corrected chi connectivity index (χ3v) is 10.4. The Hall–Kier alpha value is -7.71. The molecule has 2 heterocycles. The highest BCUT2D eigenvalue weighted by molar-refractivity contribution is 5.98. The fourth-order valence-corrected chi connectivity index (χ4v) is 7.01. The van der Waals surface area contributed by atoms with Crippen LogP contribution in [-0.4, -0.2) is 87.9 Å². The molecule has 4 bridgehead atoms. The molecule has 4 aromatic rings. The van der Waals surface area contributed by atoms with Crippen LogP contribution >= 0.6 is 0 Å². The van der Waals surface area contributed by atoms with Gasteiger partial charge < -0.3 is 57.7 Å². The highest BCUT2D eigenvalue weighted by atomic mass is 16.5. The number of likely N-dealkylation sites (N-methyl/N-ethyl adjacent to an activating group) is 1. The number of benzene rings is 4. The monoisotopic (exact) mass is 895 g/mol. The van der Waals surface area contributed by atoms with Gasteiger partial charge in [0.2, 0.25) is 35.4 Å². The lowest BCUT2D eigenvalue weighted by Gasteiger charge is -2.28. The lowest BCUT2D eigenvalue weighted by Crippen LogP contribution is -2.58. The number of rotatable bonds is 15. The van der Waals surface area contributed by atoms with Gasteiger partial charge in [-0.05, 0) is 90.2 Å². The van der Waals surface area contributed by atoms with Crippen molar-refractivity contribution in [3.8, 4) is 28.7 Å². The van der Waals surface area contributed by atoms with Crippen molar-refractivity contribution < 1.29 is 53.6 Å². The van der Waals surface area contributed by atoms with Crippen molar-refractivity contribution in [2.45, 2.75) is 75.8 Å². The first-order valence-electron chi connectivity index (χ1n) is 20.6. The van der Waals surface area contributed by atoms with Gasteiger partial charge in [0.1, 0.15) is 47.5 Å². The zero-order valence-corrected chi connectivity index (χ0v) is 35.8. The fraction of sp³-hybridized carbons (Fsp3) is 0.311. The molecule has 65 heavy (non-hydrogen) atoms. The lowest BCUT2D eigenvalue weighted by atomic mass is 10.00. The average Bonchev–Trinajstić information content (AvgIpc) is 3.27. The molecule has 0 spiro atoms. The van der Waals surface area contributed by atoms with Crippen LogP contribution in [0.3, 0.4) is 0 Å². The van der Waals surface area contributed by atoms with Crippen LogP contribution in [0, 0.1) is 5.92 Å². The Morgan fingerprint density at radius 2 is 1.35 bits per heavy atom. The summed E-state index contributed by atoms with van der Waals surface area (Å²) in [5.74, 6) is -1.19. The Kier molecular flexibility index (Phi) is 16.4. The molecule has 20 nitrogen and oxygen atoms in total. The molecule has 7 amide bonds. The van der Waals surface area contributed by atoms with Crippen LogP contribution in [0.4, 0.5) is 0 Å². The van der Waals surface area contributed by atoms with E-state index in [0.717, 1.165) is 0 Å². The summed E-state index contributed by atoms with van der Waals surface area (Å²) in [6, 6.07) is 12.8. The number of nitrogens with one attached hydrogen (secondary N) is 7. The highest BCUT2D eigenvalue weighted by Crippen LogP contribution is 2.34. The summed E-state index contributed by atoms with van der Waals surface area (Å²) >= 11 is 0. The number of hydrogen-bond donors (Lipinski definition) is 12. The molecule has 0 aromatic heterocycles. The number of aromatic hydroxyl groups is 3. The Balaban J connectivity index is 1.54. The maximum absolute atomic E-state index is 14.6. The summed E-state index contributed by atoms with van der Waals surface area (Å²) < 4.78 is 5.96. The van der Waals surface area contributed by atoms with Crippen LogP contribution in [0.15, 0.2) is 91.0 Å². The van der Waals surface area contributed by atoms with E-state index >= 15 is 0 Å². The van der Waals surface area contributed by atoms with Crippen LogP contribution < -0.4 is 53.6 Å². The van der Waals surface area contributed by atoms with E-state index in [-0.39, 0.29) is 58.6 Å². The molecule has 2 aliphatic rings. The van der Waals surface area contributed by atoms with Crippen molar-refractivity contribution in [2.24, 2.45) is 17.5 Å². The molecule has 2 aliphatic heterocycles. The summed E-state index contributed by atoms with van der Waals surface area (Å²) in [4.78, 5) is 96.1. The molecular weight excluding hydrogens is 843 g/mol. The molecule has 0 fully saturated rings. The van der Waals surface area contributed by atoms with Gasteiger partial charge in [-0.25, -0.2) is 5.84 Å². The van der Waals surface area contributed by atoms with Crippen molar-refractivity contribution in [1.29, 1.82) is 0 Å². The fourth-order valence-electron chi connectivity index (χ4n) is 7.01. The number of hydrazine groups is 1. The average molecular weight is 896 g/mol. The second-order valence-electron chi connectivity index (χ2n) is 15.9. The van der Waals surface area contributed by atoms with Gasteiger partial charge in [0, 0.05) is 12.8 Å². The van der Waals surface area contributed by atoms with E-state index in [1.165, 1.54) is 78.9 Å². The Morgan fingerprint density at radius 1 is 0.754 bits per heavy atom. The number of phenols is 3. The smallest absolute Gasteiger partial charge is 0.256 e. The maximum Gasteiger partial charge on any atom is 0.256 e. The molecule has 6 atom stereocenters. The van der Waals surface area contributed by atoms with E-state index in [1.807, 2.05) is 19.3 Å². The third-order valence-electron chi connectivity index (χ3n) is 10.4. The molecule has 0 aliphatic carbocycles. The van der Waals surface area contributed by atoms with E-state index < -0.39 is 84.0 Å². The van der Waals surface area contributed by atoms with Crippen LogP contribution in [0.25, 0.3) is 0 Å². The number of carbonyl (C=O) groups excluding carboxylic acids is 7. The predicted molar refractivity (Wildman–Crippen MR) is 234 cm³/mol. The summed E-state index contributed by atoms with van der Waals surface area (Å²) in [6.45, 7) is 3.84. The first-order chi connectivity index (χ1) is 30.9. The van der Waals surface area contributed by atoms with Crippen LogP contribution in [0.5, 0.6) is 28.7 Å². The van der Waals surface area contributed by atoms with E-state index in [0.29, 0.717) is 17.5 Å². The van der Waals surface area contributed by atoms with Crippen molar-refractivity contribution in [3.05, 3.63) is 113 Å². The van der Waals surface area contributed by atoms with Crippen molar-refractivity contribution in [2.75, 3.05) is 7.05 Å². The Labute approximate surface area is 373 Å². The summed E-state index contributed by atoms with van der Waals surface area (Å²) in [7, 11) is 1.59. The molecule has 6 rings (SSSR count). The normalized spacial score (nSPS) is 17.6. The quantitative estimate of drug-likeness (QED) is 0.0437. The molecule has 0 saturated heterocycles. The predicted octanol–water partition coefficient (Wildman–Crippen LogP) is 0.363. The van der Waals surface area contributed by atoms with Crippen LogP contribution in [0.2, 0.25) is 0 Å². The number of ether oxygens (including phenoxy) is 1. The molecular formula is C45H53N9O11.